The molecule has 0 atom stereocenters. The van der Waals surface area contributed by atoms with Crippen LogP contribution in [-0.4, -0.2) is 19.7 Å². The van der Waals surface area contributed by atoms with Gasteiger partial charge in [0.05, 0.1) is 27.9 Å². The fourth-order valence-corrected chi connectivity index (χ4v) is 4.41. The summed E-state index contributed by atoms with van der Waals surface area (Å²) in [6.45, 7) is 0.304. The van der Waals surface area contributed by atoms with Gasteiger partial charge in [-0.05, 0) is 72.3 Å². The molecule has 2 aromatic heterocycles. The van der Waals surface area contributed by atoms with E-state index in [2.05, 4.69) is 16.0 Å². The number of nitriles is 1. The maximum atomic E-state index is 13.2. The van der Waals surface area contributed by atoms with Crippen LogP contribution < -0.4 is 10.3 Å². The van der Waals surface area contributed by atoms with Crippen LogP contribution in [0.1, 0.15) is 17.0 Å². The van der Waals surface area contributed by atoms with E-state index >= 15 is 0 Å². The number of allylic oxidation sites excluding steroid dienone is 1. The molecule has 4 aromatic carbocycles. The van der Waals surface area contributed by atoms with Crippen molar-refractivity contribution in [3.05, 3.63) is 142 Å². The predicted octanol–water partition coefficient (Wildman–Crippen LogP) is 6.56. The van der Waals surface area contributed by atoms with Gasteiger partial charge in [0.25, 0.3) is 5.56 Å². The van der Waals surface area contributed by atoms with Gasteiger partial charge < -0.3 is 9.72 Å². The van der Waals surface area contributed by atoms with E-state index < -0.39 is 0 Å². The summed E-state index contributed by atoms with van der Waals surface area (Å²) in [4.78, 5) is 19.9. The predicted molar refractivity (Wildman–Crippen MR) is 156 cm³/mol. The van der Waals surface area contributed by atoms with Crippen molar-refractivity contribution in [1.82, 2.24) is 19.7 Å². The van der Waals surface area contributed by atoms with Crippen LogP contribution in [-0.2, 0) is 6.61 Å². The van der Waals surface area contributed by atoms with Crippen LogP contribution in [0.4, 0.5) is 4.39 Å². The summed E-state index contributed by atoms with van der Waals surface area (Å²) in [5.74, 6) is 0.535. The molecule has 0 unspecified atom stereocenters. The minimum atomic E-state index is -0.316. The number of ether oxygens (including phenoxy) is 1. The van der Waals surface area contributed by atoms with Crippen molar-refractivity contribution >= 4 is 22.6 Å². The summed E-state index contributed by atoms with van der Waals surface area (Å²) in [5, 5.41) is 15.3. The number of hydrogen-bond donors (Lipinski definition) is 1. The Hall–Kier alpha value is -5.81. The first kappa shape index (κ1) is 25.5. The number of halogens is 1. The van der Waals surface area contributed by atoms with Gasteiger partial charge in [0, 0.05) is 17.3 Å². The average Bonchev–Trinajstić information content (AvgIpc) is 3.44. The number of nitrogens with one attached hydrogen (secondary N) is 1. The van der Waals surface area contributed by atoms with E-state index in [1.807, 2.05) is 60.8 Å². The summed E-state index contributed by atoms with van der Waals surface area (Å²) in [5.41, 5.74) is 4.19. The van der Waals surface area contributed by atoms with Gasteiger partial charge in [-0.25, -0.2) is 14.1 Å². The van der Waals surface area contributed by atoms with Gasteiger partial charge in [0.1, 0.15) is 24.2 Å². The molecule has 6 aromatic rings. The quantitative estimate of drug-likeness (QED) is 0.232. The van der Waals surface area contributed by atoms with Crippen LogP contribution in [0.2, 0.25) is 0 Å². The maximum Gasteiger partial charge on any atom is 0.259 e. The monoisotopic (exact) mass is 539 g/mol. The van der Waals surface area contributed by atoms with Crippen molar-refractivity contribution in [2.75, 3.05) is 0 Å². The van der Waals surface area contributed by atoms with Crippen molar-refractivity contribution in [3.8, 4) is 28.8 Å². The Morgan fingerprint density at radius 2 is 1.68 bits per heavy atom. The van der Waals surface area contributed by atoms with Crippen molar-refractivity contribution in [2.45, 2.75) is 6.61 Å². The topological polar surface area (TPSA) is 96.6 Å². The zero-order chi connectivity index (χ0) is 28.2. The fraction of sp³-hybridized carbons (Fsp3) is 0.0303. The van der Waals surface area contributed by atoms with Gasteiger partial charge in [-0.3, -0.25) is 4.79 Å². The molecule has 8 heteroatoms. The second-order valence-electron chi connectivity index (χ2n) is 9.25. The van der Waals surface area contributed by atoms with Gasteiger partial charge in [-0.1, -0.05) is 42.5 Å². The van der Waals surface area contributed by atoms with Crippen LogP contribution in [0, 0.1) is 17.1 Å². The van der Waals surface area contributed by atoms with E-state index in [1.165, 1.54) is 12.1 Å². The summed E-state index contributed by atoms with van der Waals surface area (Å²) >= 11 is 0. The number of fused-ring (bicyclic) bond motifs is 1. The third-order valence-electron chi connectivity index (χ3n) is 6.50. The molecule has 0 bridgehead atoms. The SMILES string of the molecule is N#CC(=Cc1cn(-c2ccccc2)nc1-c1ccc(OCc2ccc(F)cc2)cc1)c1nc2ccccc2c(=O)[nH]1. The van der Waals surface area contributed by atoms with Crippen molar-refractivity contribution in [2.24, 2.45) is 0 Å². The minimum absolute atomic E-state index is 0.180. The molecule has 198 valence electrons. The standard InChI is InChI=1S/C33H22FN5O2/c34-26-14-10-22(11-15-26)21-41-28-16-12-23(13-17-28)31-25(20-39(38-31)27-6-2-1-3-7-27)18-24(19-35)32-36-30-9-5-4-8-29(30)33(40)37-32/h1-18,20H,21H2,(H,36,37,40). The number of rotatable bonds is 7. The molecule has 0 saturated carbocycles. The Labute approximate surface area is 234 Å². The van der Waals surface area contributed by atoms with Crippen molar-refractivity contribution in [3.63, 3.8) is 0 Å². The van der Waals surface area contributed by atoms with Gasteiger partial charge >= 0.3 is 0 Å². The maximum absolute atomic E-state index is 13.2. The zero-order valence-electron chi connectivity index (χ0n) is 21.7. The van der Waals surface area contributed by atoms with Crippen LogP contribution in [0.15, 0.2) is 114 Å². The van der Waals surface area contributed by atoms with E-state index in [1.54, 1.807) is 47.2 Å². The number of benzene rings is 4. The average molecular weight is 540 g/mol. The van der Waals surface area contributed by atoms with Crippen LogP contribution >= 0.6 is 0 Å². The van der Waals surface area contributed by atoms with E-state index in [0.717, 1.165) is 16.8 Å². The Kier molecular flexibility index (Phi) is 6.91. The van der Waals surface area contributed by atoms with Gasteiger partial charge in [-0.15, -0.1) is 0 Å². The van der Waals surface area contributed by atoms with E-state index in [-0.39, 0.29) is 22.8 Å². The Bertz CT molecular complexity index is 1970. The molecule has 0 aliphatic rings. The highest BCUT2D eigenvalue weighted by atomic mass is 19.1. The number of aromatic nitrogens is 4. The lowest BCUT2D eigenvalue weighted by molar-refractivity contribution is 0.306. The summed E-state index contributed by atoms with van der Waals surface area (Å²) < 4.78 is 20.8. The second kappa shape index (κ2) is 11.1. The Balaban J connectivity index is 1.37. The lowest BCUT2D eigenvalue weighted by atomic mass is 10.1. The number of H-pyrrole nitrogens is 1. The van der Waals surface area contributed by atoms with Crippen molar-refractivity contribution < 1.29 is 9.13 Å². The summed E-state index contributed by atoms with van der Waals surface area (Å²) in [6, 6.07) is 32.4. The van der Waals surface area contributed by atoms with Crippen LogP contribution in [0.5, 0.6) is 5.75 Å². The number of hydrogen-bond acceptors (Lipinski definition) is 5. The largest absolute Gasteiger partial charge is 0.489 e. The smallest absolute Gasteiger partial charge is 0.259 e. The fourth-order valence-electron chi connectivity index (χ4n) is 4.41. The first-order valence-electron chi connectivity index (χ1n) is 12.8. The molecule has 7 nitrogen and oxygen atoms in total. The molecule has 0 aliphatic heterocycles. The Morgan fingerprint density at radius 1 is 0.951 bits per heavy atom. The number of nitrogens with zero attached hydrogens (tertiary/aromatic N) is 4. The number of para-hydroxylation sites is 2. The normalized spacial score (nSPS) is 11.4. The molecule has 41 heavy (non-hydrogen) atoms. The molecule has 0 radical (unpaired) electrons. The molecule has 6 rings (SSSR count). The van der Waals surface area contributed by atoms with Crippen LogP contribution in [0.3, 0.4) is 0 Å². The van der Waals surface area contributed by atoms with Gasteiger partial charge in [-0.2, -0.15) is 10.4 Å². The van der Waals surface area contributed by atoms with E-state index in [0.29, 0.717) is 34.5 Å². The Morgan fingerprint density at radius 3 is 2.44 bits per heavy atom. The minimum Gasteiger partial charge on any atom is -0.489 e. The highest BCUT2D eigenvalue weighted by Crippen LogP contribution is 2.29. The van der Waals surface area contributed by atoms with Crippen LogP contribution in [0.25, 0.3) is 39.5 Å². The van der Waals surface area contributed by atoms with Crippen molar-refractivity contribution in [1.29, 1.82) is 5.26 Å². The summed E-state index contributed by atoms with van der Waals surface area (Å²) in [6.07, 6.45) is 3.51. The summed E-state index contributed by atoms with van der Waals surface area (Å²) in [7, 11) is 0. The number of aromatic amines is 1. The molecule has 1 N–H and O–H groups in total. The molecule has 0 saturated heterocycles. The van der Waals surface area contributed by atoms with E-state index in [4.69, 9.17) is 9.84 Å². The second-order valence-corrected chi connectivity index (χ2v) is 9.25. The highest BCUT2D eigenvalue weighted by Gasteiger charge is 2.15. The van der Waals surface area contributed by atoms with E-state index in [9.17, 15) is 14.4 Å². The third kappa shape index (κ3) is 5.51. The third-order valence-corrected chi connectivity index (χ3v) is 6.50. The lowest BCUT2D eigenvalue weighted by Gasteiger charge is -2.07. The van der Waals surface area contributed by atoms with Gasteiger partial charge in [0.2, 0.25) is 0 Å². The lowest BCUT2D eigenvalue weighted by Crippen LogP contribution is -2.11. The first-order chi connectivity index (χ1) is 20.1. The first-order valence-corrected chi connectivity index (χ1v) is 12.8. The van der Waals surface area contributed by atoms with Gasteiger partial charge in [0.15, 0.2) is 5.82 Å². The molecule has 0 spiro atoms. The molecule has 0 amide bonds. The molecule has 0 aliphatic carbocycles. The zero-order valence-corrected chi connectivity index (χ0v) is 21.7. The molecule has 0 fully saturated rings. The highest BCUT2D eigenvalue weighted by molar-refractivity contribution is 5.91. The molecule has 2 heterocycles. The molecular formula is C33H22FN5O2. The molecular weight excluding hydrogens is 517 g/mol.